The van der Waals surface area contributed by atoms with Crippen molar-refractivity contribution in [3.63, 3.8) is 0 Å². The lowest BCUT2D eigenvalue weighted by molar-refractivity contribution is 1.33. The van der Waals surface area contributed by atoms with E-state index in [-0.39, 0.29) is 0 Å². The maximum atomic E-state index is 5.00. The van der Waals surface area contributed by atoms with Crippen LogP contribution in [0, 0.1) is 0 Å². The summed E-state index contributed by atoms with van der Waals surface area (Å²) in [7, 11) is 0. The van der Waals surface area contributed by atoms with Crippen molar-refractivity contribution < 1.29 is 0 Å². The Labute approximate surface area is 268 Å². The molecular weight excluding hydrogens is 555 g/mol. The Balaban J connectivity index is 1.41. The first kappa shape index (κ1) is 26.4. The van der Waals surface area contributed by atoms with E-state index in [0.29, 0.717) is 0 Å². The van der Waals surface area contributed by atoms with Crippen LogP contribution in [0.15, 0.2) is 176 Å². The maximum Gasteiger partial charge on any atom is 0.0702 e. The number of pyridine rings is 1. The monoisotopic (exact) mass is 583 g/mol. The molecule has 0 N–H and O–H groups in total. The van der Waals surface area contributed by atoms with E-state index in [1.165, 1.54) is 70.9 Å². The summed E-state index contributed by atoms with van der Waals surface area (Å²) in [4.78, 5) is 5.00. The summed E-state index contributed by atoms with van der Waals surface area (Å²) in [5.41, 5.74) is 9.36. The normalized spacial score (nSPS) is 11.5. The van der Waals surface area contributed by atoms with E-state index >= 15 is 0 Å². The van der Waals surface area contributed by atoms with Gasteiger partial charge in [0.1, 0.15) is 0 Å². The van der Waals surface area contributed by atoms with Gasteiger partial charge in [0.25, 0.3) is 0 Å². The Hall–Kier alpha value is -6.05. The van der Waals surface area contributed by atoms with E-state index in [4.69, 9.17) is 4.98 Å². The minimum absolute atomic E-state index is 0.975. The van der Waals surface area contributed by atoms with E-state index in [1.54, 1.807) is 0 Å². The number of nitrogens with zero attached hydrogens (tertiary/aromatic N) is 1. The Bertz CT molecular complexity index is 2350. The molecule has 9 rings (SSSR count). The molecule has 0 atom stereocenters. The van der Waals surface area contributed by atoms with Gasteiger partial charge in [0, 0.05) is 17.3 Å². The molecule has 0 saturated carbocycles. The van der Waals surface area contributed by atoms with Crippen LogP contribution in [0.5, 0.6) is 0 Å². The summed E-state index contributed by atoms with van der Waals surface area (Å²) < 4.78 is 0. The second kappa shape index (κ2) is 10.8. The molecule has 1 nitrogen and oxygen atoms in total. The number of rotatable bonds is 4. The van der Waals surface area contributed by atoms with Crippen LogP contribution in [0.4, 0.5) is 0 Å². The molecule has 214 valence electrons. The first-order chi connectivity index (χ1) is 22.8. The van der Waals surface area contributed by atoms with E-state index in [9.17, 15) is 0 Å². The van der Waals surface area contributed by atoms with Gasteiger partial charge in [-0.2, -0.15) is 0 Å². The fourth-order valence-corrected chi connectivity index (χ4v) is 7.23. The van der Waals surface area contributed by atoms with Crippen LogP contribution in [0.3, 0.4) is 0 Å². The zero-order valence-electron chi connectivity index (χ0n) is 25.2. The molecule has 8 aromatic carbocycles. The van der Waals surface area contributed by atoms with Crippen LogP contribution >= 0.6 is 0 Å². The largest absolute Gasteiger partial charge is 0.256 e. The number of hydrogen-bond acceptors (Lipinski definition) is 1. The van der Waals surface area contributed by atoms with Crippen molar-refractivity contribution in [1.82, 2.24) is 4.98 Å². The molecule has 9 aromatic rings. The molecular formula is C45H29N. The van der Waals surface area contributed by atoms with Crippen LogP contribution in [0.1, 0.15) is 0 Å². The number of aromatic nitrogens is 1. The topological polar surface area (TPSA) is 12.9 Å². The summed E-state index contributed by atoms with van der Waals surface area (Å²) in [5, 5.41) is 10.1. The predicted molar refractivity (Wildman–Crippen MR) is 196 cm³/mol. The van der Waals surface area contributed by atoms with Crippen molar-refractivity contribution in [3.8, 4) is 44.6 Å². The molecule has 0 amide bonds. The first-order valence-corrected chi connectivity index (χ1v) is 15.8. The average molecular weight is 584 g/mol. The van der Waals surface area contributed by atoms with Crippen LogP contribution in [-0.4, -0.2) is 4.98 Å². The van der Waals surface area contributed by atoms with Crippen LogP contribution in [0.25, 0.3) is 87.7 Å². The predicted octanol–water partition coefficient (Wildman–Crippen LogP) is 12.4. The Morgan fingerprint density at radius 1 is 0.261 bits per heavy atom. The third-order valence-corrected chi connectivity index (χ3v) is 9.30. The van der Waals surface area contributed by atoms with Crippen molar-refractivity contribution in [1.29, 1.82) is 0 Å². The van der Waals surface area contributed by atoms with Gasteiger partial charge in [-0.25, -0.2) is 0 Å². The third-order valence-electron chi connectivity index (χ3n) is 9.30. The average Bonchev–Trinajstić information content (AvgIpc) is 3.15. The molecule has 1 heterocycles. The molecule has 0 fully saturated rings. The lowest BCUT2D eigenvalue weighted by atomic mass is 9.81. The van der Waals surface area contributed by atoms with Gasteiger partial charge in [-0.3, -0.25) is 4.98 Å². The van der Waals surface area contributed by atoms with Crippen molar-refractivity contribution in [3.05, 3.63) is 176 Å². The number of hydrogen-bond donors (Lipinski definition) is 0. The minimum Gasteiger partial charge on any atom is -0.256 e. The quantitative estimate of drug-likeness (QED) is 0.148. The molecule has 46 heavy (non-hydrogen) atoms. The van der Waals surface area contributed by atoms with Crippen molar-refractivity contribution in [2.75, 3.05) is 0 Å². The number of benzene rings is 8. The summed E-state index contributed by atoms with van der Waals surface area (Å²) in [6.45, 7) is 0. The zero-order valence-corrected chi connectivity index (χ0v) is 25.2. The highest BCUT2D eigenvalue weighted by Gasteiger charge is 2.21. The van der Waals surface area contributed by atoms with Gasteiger partial charge in [-0.1, -0.05) is 164 Å². The van der Waals surface area contributed by atoms with Gasteiger partial charge in [0.15, 0.2) is 0 Å². The molecule has 1 aromatic heterocycles. The lowest BCUT2D eigenvalue weighted by Gasteiger charge is -2.21. The molecule has 0 aliphatic heterocycles. The SMILES string of the molecule is c1ccc(-c2ccc(-c3c4ccccc4c(-c4ccc(-c5ccccc5)nc4)c4c5ccccc5c5ccccc5c34)cc2)cc1. The highest BCUT2D eigenvalue weighted by atomic mass is 14.7. The molecule has 0 radical (unpaired) electrons. The summed E-state index contributed by atoms with van der Waals surface area (Å²) in [6, 6.07) is 61.2. The van der Waals surface area contributed by atoms with Crippen LogP contribution < -0.4 is 0 Å². The second-order valence-corrected chi connectivity index (χ2v) is 11.9. The van der Waals surface area contributed by atoms with E-state index < -0.39 is 0 Å². The number of fused-ring (bicyclic) bond motifs is 7. The fourth-order valence-electron chi connectivity index (χ4n) is 7.23. The van der Waals surface area contributed by atoms with Crippen molar-refractivity contribution in [2.45, 2.75) is 0 Å². The molecule has 0 aliphatic carbocycles. The van der Waals surface area contributed by atoms with Gasteiger partial charge in [0.05, 0.1) is 5.69 Å². The highest BCUT2D eigenvalue weighted by Crippen LogP contribution is 2.49. The smallest absolute Gasteiger partial charge is 0.0702 e. The van der Waals surface area contributed by atoms with Gasteiger partial charge in [-0.05, 0) is 77.0 Å². The molecule has 1 heteroatoms. The molecule has 0 bridgehead atoms. The highest BCUT2D eigenvalue weighted by molar-refractivity contribution is 6.36. The Morgan fingerprint density at radius 2 is 0.652 bits per heavy atom. The summed E-state index contributed by atoms with van der Waals surface area (Å²) in [6.07, 6.45) is 2.06. The molecule has 0 saturated heterocycles. The van der Waals surface area contributed by atoms with E-state index in [2.05, 4.69) is 170 Å². The van der Waals surface area contributed by atoms with E-state index in [1.807, 2.05) is 6.07 Å². The zero-order chi connectivity index (χ0) is 30.5. The van der Waals surface area contributed by atoms with Gasteiger partial charge < -0.3 is 0 Å². The first-order valence-electron chi connectivity index (χ1n) is 15.8. The molecule has 0 spiro atoms. The summed E-state index contributed by atoms with van der Waals surface area (Å²) in [5.74, 6) is 0. The van der Waals surface area contributed by atoms with Crippen molar-refractivity contribution in [2.24, 2.45) is 0 Å². The fraction of sp³-hybridized carbons (Fsp3) is 0. The second-order valence-electron chi connectivity index (χ2n) is 11.9. The lowest BCUT2D eigenvalue weighted by Crippen LogP contribution is -1.94. The van der Waals surface area contributed by atoms with Crippen LogP contribution in [-0.2, 0) is 0 Å². The third kappa shape index (κ3) is 4.21. The summed E-state index contributed by atoms with van der Waals surface area (Å²) >= 11 is 0. The Morgan fingerprint density at radius 3 is 1.17 bits per heavy atom. The molecule has 0 unspecified atom stereocenters. The minimum atomic E-state index is 0.975. The van der Waals surface area contributed by atoms with E-state index in [0.717, 1.165) is 16.8 Å². The van der Waals surface area contributed by atoms with Crippen molar-refractivity contribution >= 4 is 43.1 Å². The standard InChI is InChI=1S/C45H29N/c1-3-13-30(14-4-1)31-23-25-33(26-24-31)42-39-21-11-12-22-40(39)43(34-27-28-41(46-29-34)32-15-5-2-6-16-32)45-38-20-10-8-18-36(38)35-17-7-9-19-37(35)44(42)45/h1-29H. The maximum absolute atomic E-state index is 5.00. The van der Waals surface area contributed by atoms with Gasteiger partial charge in [-0.15, -0.1) is 0 Å². The van der Waals surface area contributed by atoms with Gasteiger partial charge >= 0.3 is 0 Å². The Kier molecular flexibility index (Phi) is 6.21. The van der Waals surface area contributed by atoms with Gasteiger partial charge in [0.2, 0.25) is 0 Å². The van der Waals surface area contributed by atoms with Crippen LogP contribution in [0.2, 0.25) is 0 Å². The molecule has 0 aliphatic rings.